The summed E-state index contributed by atoms with van der Waals surface area (Å²) in [7, 11) is -3.56. The van der Waals surface area contributed by atoms with Crippen molar-refractivity contribution in [3.05, 3.63) is 59.7 Å². The summed E-state index contributed by atoms with van der Waals surface area (Å²) in [5.74, 6) is 0.333. The number of carbonyl (C=O) groups excluding carboxylic acids is 1. The Morgan fingerprint density at radius 2 is 1.89 bits per heavy atom. The third-order valence-electron chi connectivity index (χ3n) is 5.29. The Kier molecular flexibility index (Phi) is 4.78. The Morgan fingerprint density at radius 1 is 1.15 bits per heavy atom. The van der Waals surface area contributed by atoms with Crippen LogP contribution in [0.5, 0.6) is 0 Å². The second-order valence-corrected chi connectivity index (χ2v) is 9.23. The highest BCUT2D eigenvalue weighted by Gasteiger charge is 2.39. The molecule has 1 saturated carbocycles. The fraction of sp³-hybridized carbons (Fsp3) is 0.381. The molecule has 1 heterocycles. The lowest BCUT2D eigenvalue weighted by molar-refractivity contribution is -0.120. The maximum atomic E-state index is 12.6. The van der Waals surface area contributed by atoms with Gasteiger partial charge in [-0.15, -0.1) is 0 Å². The minimum Gasteiger partial charge on any atom is -0.309 e. The van der Waals surface area contributed by atoms with Gasteiger partial charge in [0.1, 0.15) is 0 Å². The van der Waals surface area contributed by atoms with Crippen molar-refractivity contribution in [3.63, 3.8) is 0 Å². The van der Waals surface area contributed by atoms with E-state index in [4.69, 9.17) is 0 Å². The average Bonchev–Trinajstić information content (AvgIpc) is 3.44. The largest absolute Gasteiger partial charge is 0.309 e. The SMILES string of the molecule is C[C@@H]1Cc2cc(S(=O)(=O)NCCc3ccccc3)ccc2N1C(=O)C1CC1. The molecule has 0 spiro atoms. The molecule has 2 aromatic rings. The maximum absolute atomic E-state index is 12.6. The Morgan fingerprint density at radius 3 is 2.59 bits per heavy atom. The van der Waals surface area contributed by atoms with Crippen molar-refractivity contribution in [1.29, 1.82) is 0 Å². The van der Waals surface area contributed by atoms with E-state index in [1.54, 1.807) is 18.2 Å². The molecule has 1 aliphatic heterocycles. The first kappa shape index (κ1) is 18.2. The summed E-state index contributed by atoms with van der Waals surface area (Å²) >= 11 is 0. The number of nitrogens with one attached hydrogen (secondary N) is 1. The molecule has 0 unspecified atom stereocenters. The molecule has 27 heavy (non-hydrogen) atoms. The minimum absolute atomic E-state index is 0.0806. The van der Waals surface area contributed by atoms with Crippen molar-refractivity contribution in [3.8, 4) is 0 Å². The quantitative estimate of drug-likeness (QED) is 0.833. The number of rotatable bonds is 6. The fourth-order valence-corrected chi connectivity index (χ4v) is 4.78. The minimum atomic E-state index is -3.56. The highest BCUT2D eigenvalue weighted by atomic mass is 32.2. The summed E-state index contributed by atoms with van der Waals surface area (Å²) in [5.41, 5.74) is 2.89. The molecule has 2 aliphatic rings. The van der Waals surface area contributed by atoms with Crippen LogP contribution >= 0.6 is 0 Å². The highest BCUT2D eigenvalue weighted by Crippen LogP contribution is 2.39. The van der Waals surface area contributed by atoms with Crippen LogP contribution in [0.15, 0.2) is 53.4 Å². The molecule has 0 saturated heterocycles. The van der Waals surface area contributed by atoms with Crippen molar-refractivity contribution in [2.24, 2.45) is 5.92 Å². The number of carbonyl (C=O) groups is 1. The van der Waals surface area contributed by atoms with E-state index in [1.165, 1.54) is 0 Å². The Hall–Kier alpha value is -2.18. The van der Waals surface area contributed by atoms with Gasteiger partial charge in [0, 0.05) is 24.2 Å². The normalized spacial score (nSPS) is 19.1. The van der Waals surface area contributed by atoms with E-state index in [-0.39, 0.29) is 22.8 Å². The van der Waals surface area contributed by atoms with Gasteiger partial charge < -0.3 is 4.90 Å². The van der Waals surface area contributed by atoms with Crippen LogP contribution in [-0.2, 0) is 27.7 Å². The van der Waals surface area contributed by atoms with Gasteiger partial charge >= 0.3 is 0 Å². The first-order valence-electron chi connectivity index (χ1n) is 9.45. The van der Waals surface area contributed by atoms with Gasteiger partial charge in [0.2, 0.25) is 15.9 Å². The zero-order valence-corrected chi connectivity index (χ0v) is 16.2. The van der Waals surface area contributed by atoms with Crippen LogP contribution in [-0.4, -0.2) is 26.9 Å². The van der Waals surface area contributed by atoms with Crippen molar-refractivity contribution in [2.45, 2.75) is 43.5 Å². The molecular weight excluding hydrogens is 360 g/mol. The van der Waals surface area contributed by atoms with Crippen molar-refractivity contribution >= 4 is 21.6 Å². The van der Waals surface area contributed by atoms with Crippen LogP contribution in [0.1, 0.15) is 30.9 Å². The van der Waals surface area contributed by atoms with Crippen molar-refractivity contribution < 1.29 is 13.2 Å². The van der Waals surface area contributed by atoms with Crippen LogP contribution in [0.3, 0.4) is 0 Å². The first-order chi connectivity index (χ1) is 13.0. The third kappa shape index (κ3) is 3.77. The summed E-state index contributed by atoms with van der Waals surface area (Å²) in [6.07, 6.45) is 3.28. The molecule has 4 rings (SSSR count). The zero-order valence-electron chi connectivity index (χ0n) is 15.4. The number of nitrogens with zero attached hydrogens (tertiary/aromatic N) is 1. The number of fused-ring (bicyclic) bond motifs is 1. The van der Waals surface area contributed by atoms with Gasteiger partial charge in [-0.2, -0.15) is 0 Å². The average molecular weight is 385 g/mol. The predicted octanol–water partition coefficient (Wildman–Crippen LogP) is 2.90. The molecule has 142 valence electrons. The summed E-state index contributed by atoms with van der Waals surface area (Å²) in [6, 6.07) is 15.0. The third-order valence-corrected chi connectivity index (χ3v) is 6.75. The summed E-state index contributed by atoms with van der Waals surface area (Å²) in [6.45, 7) is 2.37. The van der Waals surface area contributed by atoms with Crippen LogP contribution in [0, 0.1) is 5.92 Å². The predicted molar refractivity (Wildman–Crippen MR) is 105 cm³/mol. The molecule has 2 aromatic carbocycles. The van der Waals surface area contributed by atoms with Gasteiger partial charge in [0.15, 0.2) is 0 Å². The van der Waals surface area contributed by atoms with Crippen LogP contribution in [0.4, 0.5) is 5.69 Å². The second kappa shape index (κ2) is 7.09. The van der Waals surface area contributed by atoms with Crippen molar-refractivity contribution in [2.75, 3.05) is 11.4 Å². The maximum Gasteiger partial charge on any atom is 0.240 e. The van der Waals surface area contributed by atoms with E-state index in [0.717, 1.165) is 29.7 Å². The van der Waals surface area contributed by atoms with Gasteiger partial charge in [-0.25, -0.2) is 13.1 Å². The van der Waals surface area contributed by atoms with Gasteiger partial charge in [-0.1, -0.05) is 30.3 Å². The highest BCUT2D eigenvalue weighted by molar-refractivity contribution is 7.89. The van der Waals surface area contributed by atoms with Gasteiger partial charge in [-0.05, 0) is 61.9 Å². The smallest absolute Gasteiger partial charge is 0.240 e. The monoisotopic (exact) mass is 384 g/mol. The second-order valence-electron chi connectivity index (χ2n) is 7.46. The number of sulfonamides is 1. The van der Waals surface area contributed by atoms with Gasteiger partial charge in [0.25, 0.3) is 0 Å². The number of anilines is 1. The molecule has 1 fully saturated rings. The first-order valence-corrected chi connectivity index (χ1v) is 10.9. The van der Waals surface area contributed by atoms with Crippen LogP contribution in [0.25, 0.3) is 0 Å². The Balaban J connectivity index is 1.48. The van der Waals surface area contributed by atoms with E-state index in [0.29, 0.717) is 19.4 Å². The van der Waals surface area contributed by atoms with E-state index in [1.807, 2.05) is 42.2 Å². The summed E-state index contributed by atoms with van der Waals surface area (Å²) in [5, 5.41) is 0. The number of amides is 1. The van der Waals surface area contributed by atoms with Crippen LogP contribution < -0.4 is 9.62 Å². The molecule has 1 amide bonds. The lowest BCUT2D eigenvalue weighted by Gasteiger charge is -2.22. The lowest BCUT2D eigenvalue weighted by atomic mass is 10.1. The van der Waals surface area contributed by atoms with E-state index < -0.39 is 10.0 Å². The number of hydrogen-bond donors (Lipinski definition) is 1. The summed E-state index contributed by atoms with van der Waals surface area (Å²) < 4.78 is 28.0. The molecule has 5 nitrogen and oxygen atoms in total. The molecule has 1 atom stereocenters. The Labute approximate surface area is 160 Å². The Bertz CT molecular complexity index is 953. The van der Waals surface area contributed by atoms with Crippen molar-refractivity contribution in [1.82, 2.24) is 4.72 Å². The molecule has 0 radical (unpaired) electrons. The molecule has 1 N–H and O–H groups in total. The molecular formula is C21H24N2O3S. The zero-order chi connectivity index (χ0) is 19.0. The summed E-state index contributed by atoms with van der Waals surface area (Å²) in [4.78, 5) is 14.7. The molecule has 1 aliphatic carbocycles. The van der Waals surface area contributed by atoms with E-state index in [9.17, 15) is 13.2 Å². The molecule has 0 aromatic heterocycles. The van der Waals surface area contributed by atoms with Crippen LogP contribution in [0.2, 0.25) is 0 Å². The lowest BCUT2D eigenvalue weighted by Crippen LogP contribution is -2.36. The number of hydrogen-bond acceptors (Lipinski definition) is 3. The fourth-order valence-electron chi connectivity index (χ4n) is 3.70. The standard InChI is InChI=1S/C21H24N2O3S/c1-15-13-18-14-19(9-10-20(18)23(15)21(24)17-7-8-17)27(25,26)22-12-11-16-5-3-2-4-6-16/h2-6,9-10,14-15,17,22H,7-8,11-13H2,1H3/t15-/m1/s1. The number of benzene rings is 2. The van der Waals surface area contributed by atoms with Gasteiger partial charge in [0.05, 0.1) is 4.90 Å². The van der Waals surface area contributed by atoms with E-state index in [2.05, 4.69) is 4.72 Å². The molecule has 0 bridgehead atoms. The molecule has 6 heteroatoms. The van der Waals surface area contributed by atoms with Gasteiger partial charge in [-0.3, -0.25) is 4.79 Å². The van der Waals surface area contributed by atoms with E-state index >= 15 is 0 Å². The topological polar surface area (TPSA) is 66.5 Å².